The molecule has 16 heavy (non-hydrogen) atoms. The number of nitrogens with one attached hydrogen (secondary N) is 1. The third-order valence-corrected chi connectivity index (χ3v) is 3.14. The van der Waals surface area contributed by atoms with E-state index in [2.05, 4.69) is 20.2 Å². The average molecular weight is 241 g/mol. The van der Waals surface area contributed by atoms with Gasteiger partial charge in [0.1, 0.15) is 5.15 Å². The summed E-state index contributed by atoms with van der Waals surface area (Å²) in [5.74, 6) is 0.721. The lowest BCUT2D eigenvalue weighted by Crippen LogP contribution is -2.44. The van der Waals surface area contributed by atoms with E-state index in [-0.39, 0.29) is 0 Å². The van der Waals surface area contributed by atoms with Gasteiger partial charge in [0, 0.05) is 25.3 Å². The number of hydrogen-bond acceptors (Lipinski definition) is 4. The van der Waals surface area contributed by atoms with Gasteiger partial charge >= 0.3 is 0 Å². The Labute approximate surface area is 101 Å². The molecule has 88 valence electrons. The summed E-state index contributed by atoms with van der Waals surface area (Å²) in [6.45, 7) is 4.04. The van der Waals surface area contributed by atoms with Gasteiger partial charge in [0.25, 0.3) is 0 Å². The Kier molecular flexibility index (Phi) is 3.61. The maximum Gasteiger partial charge on any atom is 0.227 e. The van der Waals surface area contributed by atoms with E-state index in [0.717, 1.165) is 24.7 Å². The molecule has 0 saturated carbocycles. The molecule has 1 atom stereocenters. The van der Waals surface area contributed by atoms with Gasteiger partial charge in [0.2, 0.25) is 5.95 Å². The van der Waals surface area contributed by atoms with E-state index in [0.29, 0.717) is 11.2 Å². The maximum absolute atomic E-state index is 5.94. The van der Waals surface area contributed by atoms with Crippen LogP contribution in [0.3, 0.4) is 0 Å². The minimum Gasteiger partial charge on any atom is -0.340 e. The average Bonchev–Trinajstić information content (AvgIpc) is 2.28. The third-order valence-electron chi connectivity index (χ3n) is 2.95. The van der Waals surface area contributed by atoms with E-state index >= 15 is 0 Å². The van der Waals surface area contributed by atoms with Crippen molar-refractivity contribution in [2.75, 3.05) is 25.0 Å². The van der Waals surface area contributed by atoms with Gasteiger partial charge in [-0.25, -0.2) is 9.97 Å². The molecule has 0 radical (unpaired) electrons. The molecule has 0 unspecified atom stereocenters. The van der Waals surface area contributed by atoms with E-state index in [1.165, 1.54) is 12.8 Å². The normalized spacial score (nSPS) is 20.8. The first kappa shape index (κ1) is 11.6. The van der Waals surface area contributed by atoms with Crippen molar-refractivity contribution in [3.05, 3.63) is 16.9 Å². The maximum atomic E-state index is 5.94. The Morgan fingerprint density at radius 1 is 1.50 bits per heavy atom. The van der Waals surface area contributed by atoms with Crippen LogP contribution in [0.2, 0.25) is 5.15 Å². The van der Waals surface area contributed by atoms with Gasteiger partial charge in [-0.15, -0.1) is 0 Å². The van der Waals surface area contributed by atoms with Crippen LogP contribution in [0.1, 0.15) is 18.5 Å². The Morgan fingerprint density at radius 3 is 2.94 bits per heavy atom. The van der Waals surface area contributed by atoms with Crippen LogP contribution in [0.5, 0.6) is 0 Å². The molecule has 1 saturated heterocycles. The van der Waals surface area contributed by atoms with Crippen LogP contribution in [0, 0.1) is 6.92 Å². The molecule has 0 spiro atoms. The van der Waals surface area contributed by atoms with Gasteiger partial charge in [-0.05, 0) is 32.4 Å². The van der Waals surface area contributed by atoms with Crippen LogP contribution >= 0.6 is 11.6 Å². The second-order valence-corrected chi connectivity index (χ2v) is 4.63. The monoisotopic (exact) mass is 240 g/mol. The molecular weight excluding hydrogens is 224 g/mol. The molecule has 0 bridgehead atoms. The minimum atomic E-state index is 0.464. The molecule has 1 fully saturated rings. The van der Waals surface area contributed by atoms with Crippen LogP contribution in [0.4, 0.5) is 5.95 Å². The summed E-state index contributed by atoms with van der Waals surface area (Å²) < 4.78 is 0. The predicted octanol–water partition coefficient (Wildman–Crippen LogP) is 1.63. The minimum absolute atomic E-state index is 0.464. The van der Waals surface area contributed by atoms with Gasteiger partial charge < -0.3 is 10.2 Å². The summed E-state index contributed by atoms with van der Waals surface area (Å²) in [6.07, 6.45) is 2.38. The Morgan fingerprint density at radius 2 is 2.31 bits per heavy atom. The molecule has 4 nitrogen and oxygen atoms in total. The molecule has 1 aliphatic heterocycles. The molecule has 1 aliphatic rings. The van der Waals surface area contributed by atoms with Crippen molar-refractivity contribution in [1.82, 2.24) is 15.3 Å². The second-order valence-electron chi connectivity index (χ2n) is 4.24. The first-order valence-corrected chi connectivity index (χ1v) is 5.99. The molecule has 1 aromatic rings. The molecule has 1 N–H and O–H groups in total. The quantitative estimate of drug-likeness (QED) is 0.798. The number of piperidine rings is 1. The number of aryl methyl sites for hydroxylation is 1. The fraction of sp³-hybridized carbons (Fsp3) is 0.636. The summed E-state index contributed by atoms with van der Waals surface area (Å²) in [5, 5.41) is 3.90. The number of anilines is 1. The Balaban J connectivity index is 2.15. The number of rotatable bonds is 2. The van der Waals surface area contributed by atoms with Gasteiger partial charge in [-0.1, -0.05) is 11.6 Å². The van der Waals surface area contributed by atoms with Crippen molar-refractivity contribution in [2.45, 2.75) is 25.8 Å². The van der Waals surface area contributed by atoms with E-state index in [1.54, 1.807) is 6.07 Å². The number of nitrogens with zero attached hydrogens (tertiary/aromatic N) is 3. The summed E-state index contributed by atoms with van der Waals surface area (Å²) in [5.41, 5.74) is 0.908. The molecule has 0 amide bonds. The van der Waals surface area contributed by atoms with Crippen molar-refractivity contribution in [2.24, 2.45) is 0 Å². The van der Waals surface area contributed by atoms with Crippen LogP contribution in [-0.4, -0.2) is 36.1 Å². The van der Waals surface area contributed by atoms with Gasteiger partial charge in [0.05, 0.1) is 0 Å². The van der Waals surface area contributed by atoms with Crippen LogP contribution < -0.4 is 10.2 Å². The first-order valence-electron chi connectivity index (χ1n) is 5.61. The molecule has 1 aromatic heterocycles. The fourth-order valence-corrected chi connectivity index (χ4v) is 2.23. The highest BCUT2D eigenvalue weighted by Crippen LogP contribution is 2.17. The summed E-state index contributed by atoms with van der Waals surface area (Å²) in [6, 6.07) is 2.24. The molecule has 5 heteroatoms. The standard InChI is InChI=1S/C11H17ClN4/c1-8-6-10(12)15-11(14-8)16(2)9-4-3-5-13-7-9/h6,9,13H,3-5,7H2,1-2H3/t9-/m1/s1. The lowest BCUT2D eigenvalue weighted by atomic mass is 10.1. The van der Waals surface area contributed by atoms with E-state index in [9.17, 15) is 0 Å². The number of halogens is 1. The molecule has 2 rings (SSSR count). The zero-order chi connectivity index (χ0) is 11.5. The zero-order valence-electron chi connectivity index (χ0n) is 9.70. The van der Waals surface area contributed by atoms with Crippen molar-refractivity contribution >= 4 is 17.5 Å². The number of hydrogen-bond donors (Lipinski definition) is 1. The largest absolute Gasteiger partial charge is 0.340 e. The Hall–Kier alpha value is -0.870. The van der Waals surface area contributed by atoms with Crippen LogP contribution in [0.25, 0.3) is 0 Å². The molecular formula is C11H17ClN4. The van der Waals surface area contributed by atoms with Gasteiger partial charge in [0.15, 0.2) is 0 Å². The van der Waals surface area contributed by atoms with Crippen LogP contribution in [-0.2, 0) is 0 Å². The first-order chi connectivity index (χ1) is 7.66. The predicted molar refractivity (Wildman–Crippen MR) is 66.1 cm³/mol. The zero-order valence-corrected chi connectivity index (χ0v) is 10.5. The molecule has 2 heterocycles. The van der Waals surface area contributed by atoms with Crippen molar-refractivity contribution in [3.63, 3.8) is 0 Å². The smallest absolute Gasteiger partial charge is 0.227 e. The Bertz CT molecular complexity index is 343. The summed E-state index contributed by atoms with van der Waals surface area (Å²) in [7, 11) is 2.03. The van der Waals surface area contributed by atoms with E-state index in [1.807, 2.05) is 14.0 Å². The summed E-state index contributed by atoms with van der Waals surface area (Å²) >= 11 is 5.94. The lowest BCUT2D eigenvalue weighted by molar-refractivity contribution is 0.441. The fourth-order valence-electron chi connectivity index (χ4n) is 2.00. The number of likely N-dealkylation sites (N-methyl/N-ethyl adjacent to an activating group) is 1. The van der Waals surface area contributed by atoms with Crippen LogP contribution in [0.15, 0.2) is 6.07 Å². The van der Waals surface area contributed by atoms with Crippen molar-refractivity contribution in [3.8, 4) is 0 Å². The highest BCUT2D eigenvalue weighted by molar-refractivity contribution is 6.29. The van der Waals surface area contributed by atoms with E-state index in [4.69, 9.17) is 11.6 Å². The SMILES string of the molecule is Cc1cc(Cl)nc(N(C)[C@@H]2CCCNC2)n1. The highest BCUT2D eigenvalue weighted by atomic mass is 35.5. The summed E-state index contributed by atoms with van der Waals surface area (Å²) in [4.78, 5) is 10.8. The second kappa shape index (κ2) is 4.97. The molecule has 0 aromatic carbocycles. The van der Waals surface area contributed by atoms with Gasteiger partial charge in [-0.2, -0.15) is 0 Å². The third kappa shape index (κ3) is 2.62. The van der Waals surface area contributed by atoms with E-state index < -0.39 is 0 Å². The topological polar surface area (TPSA) is 41.1 Å². The van der Waals surface area contributed by atoms with Crippen molar-refractivity contribution < 1.29 is 0 Å². The lowest BCUT2D eigenvalue weighted by Gasteiger charge is -2.31. The highest BCUT2D eigenvalue weighted by Gasteiger charge is 2.20. The number of aromatic nitrogens is 2. The van der Waals surface area contributed by atoms with Gasteiger partial charge in [-0.3, -0.25) is 0 Å². The molecule has 0 aliphatic carbocycles. The van der Waals surface area contributed by atoms with Crippen molar-refractivity contribution in [1.29, 1.82) is 0 Å².